The third kappa shape index (κ3) is 3.80. The van der Waals surface area contributed by atoms with Crippen molar-refractivity contribution in [2.24, 2.45) is 5.73 Å². The number of nitrogens with two attached hydrogens (primary N) is 1. The van der Waals surface area contributed by atoms with Crippen LogP contribution in [0.1, 0.15) is 24.4 Å². The van der Waals surface area contributed by atoms with Crippen LogP contribution >= 0.6 is 11.8 Å². The van der Waals surface area contributed by atoms with Gasteiger partial charge < -0.3 is 20.3 Å². The first-order valence-electron chi connectivity index (χ1n) is 6.50. The summed E-state index contributed by atoms with van der Waals surface area (Å²) in [6.45, 7) is 0. The molecule has 20 heavy (non-hydrogen) atoms. The van der Waals surface area contributed by atoms with Crippen molar-refractivity contribution in [2.45, 2.75) is 25.0 Å². The molecule has 2 unspecified atom stereocenters. The average molecular weight is 297 g/mol. The van der Waals surface area contributed by atoms with Gasteiger partial charge in [0, 0.05) is 11.8 Å². The number of carbonyl (C=O) groups is 1. The molecule has 110 valence electrons. The zero-order valence-corrected chi connectivity index (χ0v) is 12.2. The standard InChI is InChI=1S/C14H19NO4S/c1-18-12-3-2-9(11(15)7-14(16)17)6-13(12)19-10-4-5-20-8-10/h2-3,6,10-11H,4-5,7-8,15H2,1H3,(H,16,17). The zero-order chi connectivity index (χ0) is 14.5. The maximum absolute atomic E-state index is 10.7. The number of ether oxygens (including phenoxy) is 2. The number of methoxy groups -OCH3 is 1. The molecular weight excluding hydrogens is 278 g/mol. The first-order valence-corrected chi connectivity index (χ1v) is 7.65. The molecule has 1 fully saturated rings. The first kappa shape index (κ1) is 15.0. The molecule has 0 aromatic heterocycles. The summed E-state index contributed by atoms with van der Waals surface area (Å²) in [5.74, 6) is 2.44. The number of rotatable bonds is 6. The van der Waals surface area contributed by atoms with E-state index in [1.165, 1.54) is 0 Å². The predicted molar refractivity (Wildman–Crippen MR) is 78.5 cm³/mol. The van der Waals surface area contributed by atoms with Crippen LogP contribution in [-0.4, -0.2) is 35.8 Å². The minimum absolute atomic E-state index is 0.106. The highest BCUT2D eigenvalue weighted by Gasteiger charge is 2.20. The van der Waals surface area contributed by atoms with Crippen LogP contribution in [0.4, 0.5) is 0 Å². The highest BCUT2D eigenvalue weighted by atomic mass is 32.2. The number of benzene rings is 1. The Morgan fingerprint density at radius 2 is 2.35 bits per heavy atom. The van der Waals surface area contributed by atoms with Crippen molar-refractivity contribution >= 4 is 17.7 Å². The molecule has 2 rings (SSSR count). The fraction of sp³-hybridized carbons (Fsp3) is 0.500. The van der Waals surface area contributed by atoms with E-state index >= 15 is 0 Å². The molecule has 1 saturated heterocycles. The Labute approximate surface area is 122 Å². The minimum Gasteiger partial charge on any atom is -0.493 e. The highest BCUT2D eigenvalue weighted by molar-refractivity contribution is 7.99. The summed E-state index contributed by atoms with van der Waals surface area (Å²) in [6.07, 6.45) is 1.09. The van der Waals surface area contributed by atoms with Gasteiger partial charge in [-0.1, -0.05) is 6.07 Å². The maximum Gasteiger partial charge on any atom is 0.305 e. The molecule has 1 aromatic carbocycles. The summed E-state index contributed by atoms with van der Waals surface area (Å²) in [7, 11) is 1.59. The van der Waals surface area contributed by atoms with Crippen molar-refractivity contribution < 1.29 is 19.4 Å². The second-order valence-corrected chi connectivity index (χ2v) is 5.87. The van der Waals surface area contributed by atoms with Crippen molar-refractivity contribution in [3.05, 3.63) is 23.8 Å². The SMILES string of the molecule is COc1ccc(C(N)CC(=O)O)cc1OC1CCSC1. The number of aliphatic carboxylic acids is 1. The molecule has 6 heteroatoms. The molecule has 1 aliphatic rings. The van der Waals surface area contributed by atoms with E-state index in [2.05, 4.69) is 0 Å². The molecule has 0 amide bonds. The summed E-state index contributed by atoms with van der Waals surface area (Å²) >= 11 is 1.87. The fourth-order valence-corrected chi connectivity index (χ4v) is 3.20. The van der Waals surface area contributed by atoms with Crippen LogP contribution in [0.5, 0.6) is 11.5 Å². The fourth-order valence-electron chi connectivity index (χ4n) is 2.11. The summed E-state index contributed by atoms with van der Waals surface area (Å²) in [4.78, 5) is 10.7. The maximum atomic E-state index is 10.7. The lowest BCUT2D eigenvalue weighted by Crippen LogP contribution is -2.17. The quantitative estimate of drug-likeness (QED) is 0.836. The third-order valence-electron chi connectivity index (χ3n) is 3.19. The van der Waals surface area contributed by atoms with Gasteiger partial charge in [0.05, 0.1) is 13.5 Å². The predicted octanol–water partition coefficient (Wildman–Crippen LogP) is 2.05. The average Bonchev–Trinajstić information content (AvgIpc) is 2.90. The molecule has 0 radical (unpaired) electrons. The number of hydrogen-bond acceptors (Lipinski definition) is 5. The zero-order valence-electron chi connectivity index (χ0n) is 11.4. The molecule has 2 atom stereocenters. The Morgan fingerprint density at radius 3 is 2.95 bits per heavy atom. The Kier molecular flexibility index (Phi) is 5.14. The molecule has 0 aliphatic carbocycles. The van der Waals surface area contributed by atoms with Crippen LogP contribution in [-0.2, 0) is 4.79 Å². The van der Waals surface area contributed by atoms with Crippen LogP contribution in [0.3, 0.4) is 0 Å². The van der Waals surface area contributed by atoms with Crippen molar-refractivity contribution in [3.63, 3.8) is 0 Å². The highest BCUT2D eigenvalue weighted by Crippen LogP contribution is 2.33. The number of thioether (sulfide) groups is 1. The normalized spacial score (nSPS) is 19.6. The van der Waals surface area contributed by atoms with Crippen LogP contribution in [0.2, 0.25) is 0 Å². The number of carboxylic acid groups (broad SMARTS) is 1. The van der Waals surface area contributed by atoms with Crippen LogP contribution in [0, 0.1) is 0 Å². The van der Waals surface area contributed by atoms with Gasteiger partial charge in [0.25, 0.3) is 0 Å². The van der Waals surface area contributed by atoms with Crippen molar-refractivity contribution in [2.75, 3.05) is 18.6 Å². The van der Waals surface area contributed by atoms with Gasteiger partial charge in [-0.2, -0.15) is 11.8 Å². The smallest absolute Gasteiger partial charge is 0.305 e. The minimum atomic E-state index is -0.914. The molecule has 3 N–H and O–H groups in total. The van der Waals surface area contributed by atoms with Gasteiger partial charge in [-0.3, -0.25) is 4.79 Å². The Morgan fingerprint density at radius 1 is 1.55 bits per heavy atom. The second kappa shape index (κ2) is 6.85. The summed E-state index contributed by atoms with van der Waals surface area (Å²) in [6, 6.07) is 4.80. The lowest BCUT2D eigenvalue weighted by atomic mass is 10.0. The molecule has 1 heterocycles. The van der Waals surface area contributed by atoms with Crippen LogP contribution < -0.4 is 15.2 Å². The van der Waals surface area contributed by atoms with E-state index in [1.807, 2.05) is 11.8 Å². The Bertz CT molecular complexity index is 474. The number of hydrogen-bond donors (Lipinski definition) is 2. The number of carboxylic acids is 1. The van der Waals surface area contributed by atoms with Gasteiger partial charge in [0.1, 0.15) is 6.10 Å². The van der Waals surface area contributed by atoms with E-state index in [1.54, 1.807) is 25.3 Å². The van der Waals surface area contributed by atoms with E-state index < -0.39 is 12.0 Å². The van der Waals surface area contributed by atoms with E-state index in [-0.39, 0.29) is 12.5 Å². The van der Waals surface area contributed by atoms with Crippen LogP contribution in [0.25, 0.3) is 0 Å². The van der Waals surface area contributed by atoms with Gasteiger partial charge in [0.2, 0.25) is 0 Å². The van der Waals surface area contributed by atoms with Gasteiger partial charge in [0.15, 0.2) is 11.5 Å². The molecule has 5 nitrogen and oxygen atoms in total. The molecular formula is C14H19NO4S. The summed E-state index contributed by atoms with van der Waals surface area (Å²) in [5, 5.41) is 8.81. The van der Waals surface area contributed by atoms with E-state index in [0.29, 0.717) is 11.5 Å². The van der Waals surface area contributed by atoms with E-state index in [0.717, 1.165) is 23.5 Å². The monoisotopic (exact) mass is 297 g/mol. The Balaban J connectivity index is 2.16. The molecule has 0 bridgehead atoms. The Hall–Kier alpha value is -1.40. The van der Waals surface area contributed by atoms with Gasteiger partial charge in [-0.25, -0.2) is 0 Å². The van der Waals surface area contributed by atoms with E-state index in [4.69, 9.17) is 20.3 Å². The van der Waals surface area contributed by atoms with Gasteiger partial charge in [-0.15, -0.1) is 0 Å². The molecule has 0 saturated carbocycles. The lowest BCUT2D eigenvalue weighted by molar-refractivity contribution is -0.137. The van der Waals surface area contributed by atoms with Crippen molar-refractivity contribution in [1.29, 1.82) is 0 Å². The molecule has 0 spiro atoms. The summed E-state index contributed by atoms with van der Waals surface area (Å²) in [5.41, 5.74) is 6.63. The van der Waals surface area contributed by atoms with Crippen molar-refractivity contribution in [1.82, 2.24) is 0 Å². The topological polar surface area (TPSA) is 81.8 Å². The molecule has 1 aromatic rings. The van der Waals surface area contributed by atoms with Crippen molar-refractivity contribution in [3.8, 4) is 11.5 Å². The molecule has 1 aliphatic heterocycles. The second-order valence-electron chi connectivity index (χ2n) is 4.72. The third-order valence-corrected chi connectivity index (χ3v) is 4.32. The van der Waals surface area contributed by atoms with Gasteiger partial charge >= 0.3 is 5.97 Å². The van der Waals surface area contributed by atoms with E-state index in [9.17, 15) is 4.79 Å². The lowest BCUT2D eigenvalue weighted by Gasteiger charge is -2.18. The van der Waals surface area contributed by atoms with Gasteiger partial charge in [-0.05, 0) is 29.9 Å². The summed E-state index contributed by atoms with van der Waals surface area (Å²) < 4.78 is 11.2. The first-order chi connectivity index (χ1) is 9.60. The van der Waals surface area contributed by atoms with Crippen LogP contribution in [0.15, 0.2) is 18.2 Å². The largest absolute Gasteiger partial charge is 0.493 e.